The molecule has 96 valence electrons. The van der Waals surface area contributed by atoms with E-state index in [0.29, 0.717) is 12.4 Å². The quantitative estimate of drug-likeness (QED) is 0.789. The maximum absolute atomic E-state index is 10.8. The van der Waals surface area contributed by atoms with Crippen molar-refractivity contribution in [3.8, 4) is 5.75 Å². The van der Waals surface area contributed by atoms with E-state index in [4.69, 9.17) is 14.0 Å². The second kappa shape index (κ2) is 6.00. The van der Waals surface area contributed by atoms with Crippen LogP contribution in [-0.4, -0.2) is 32.8 Å². The number of ether oxygens (including phenoxy) is 2. The van der Waals surface area contributed by atoms with E-state index in [1.54, 1.807) is 7.11 Å². The number of hydrogen-bond acceptors (Lipinski definition) is 4. The van der Waals surface area contributed by atoms with Gasteiger partial charge in [-0.1, -0.05) is 6.92 Å². The number of hydrogen-bond donors (Lipinski definition) is 1. The highest BCUT2D eigenvalue weighted by molar-refractivity contribution is 7.85. The molecule has 0 saturated heterocycles. The molecule has 1 rings (SSSR count). The van der Waals surface area contributed by atoms with Crippen molar-refractivity contribution in [3.63, 3.8) is 0 Å². The van der Waals surface area contributed by atoms with E-state index in [1.165, 1.54) is 24.3 Å². The van der Waals surface area contributed by atoms with E-state index < -0.39 is 10.1 Å². The van der Waals surface area contributed by atoms with E-state index in [-0.39, 0.29) is 11.0 Å². The molecule has 0 aromatic heterocycles. The van der Waals surface area contributed by atoms with Crippen LogP contribution < -0.4 is 4.74 Å². The van der Waals surface area contributed by atoms with Gasteiger partial charge in [0.05, 0.1) is 11.0 Å². The molecular formula is C11H16O5S. The minimum absolute atomic E-state index is 0.0104. The van der Waals surface area contributed by atoms with Crippen LogP contribution in [0.15, 0.2) is 29.2 Å². The summed E-state index contributed by atoms with van der Waals surface area (Å²) in [5, 5.41) is 0. The van der Waals surface area contributed by atoms with E-state index >= 15 is 0 Å². The monoisotopic (exact) mass is 260 g/mol. The van der Waals surface area contributed by atoms with Crippen LogP contribution in [0.3, 0.4) is 0 Å². The van der Waals surface area contributed by atoms with Gasteiger partial charge in [0.15, 0.2) is 0 Å². The van der Waals surface area contributed by atoms with Gasteiger partial charge in [-0.05, 0) is 30.7 Å². The molecule has 0 bridgehead atoms. The van der Waals surface area contributed by atoms with Crippen LogP contribution in [0.5, 0.6) is 5.75 Å². The molecule has 0 aliphatic heterocycles. The second-order valence-electron chi connectivity index (χ2n) is 3.52. The Kier molecular flexibility index (Phi) is 4.92. The minimum Gasteiger partial charge on any atom is -0.491 e. The predicted molar refractivity (Wildman–Crippen MR) is 62.8 cm³/mol. The number of benzene rings is 1. The zero-order chi connectivity index (χ0) is 12.9. The summed E-state index contributed by atoms with van der Waals surface area (Å²) in [6.45, 7) is 2.39. The minimum atomic E-state index is -4.14. The Morgan fingerprint density at radius 1 is 1.29 bits per heavy atom. The summed E-state index contributed by atoms with van der Waals surface area (Å²) in [6.07, 6.45) is 0.843. The van der Waals surface area contributed by atoms with Crippen molar-refractivity contribution in [3.05, 3.63) is 24.3 Å². The zero-order valence-electron chi connectivity index (χ0n) is 9.79. The molecule has 0 radical (unpaired) electrons. The van der Waals surface area contributed by atoms with Crippen LogP contribution in [0, 0.1) is 0 Å². The van der Waals surface area contributed by atoms with E-state index in [2.05, 4.69) is 0 Å². The fourth-order valence-electron chi connectivity index (χ4n) is 1.25. The molecule has 0 aliphatic rings. The fourth-order valence-corrected chi connectivity index (χ4v) is 1.73. The standard InChI is InChI=1S/C11H16O5S/c1-3-9(15-2)8-16-10-4-6-11(7-5-10)17(12,13)14/h4-7,9H,3,8H2,1-2H3,(H,12,13,14). The first-order chi connectivity index (χ1) is 7.97. The maximum atomic E-state index is 10.8. The van der Waals surface area contributed by atoms with Crippen molar-refractivity contribution in [2.75, 3.05) is 13.7 Å². The highest BCUT2D eigenvalue weighted by atomic mass is 32.2. The third kappa shape index (κ3) is 4.33. The van der Waals surface area contributed by atoms with Gasteiger partial charge in [0.1, 0.15) is 12.4 Å². The Morgan fingerprint density at radius 3 is 2.29 bits per heavy atom. The Morgan fingerprint density at radius 2 is 1.88 bits per heavy atom. The summed E-state index contributed by atoms with van der Waals surface area (Å²) >= 11 is 0. The summed E-state index contributed by atoms with van der Waals surface area (Å²) in [7, 11) is -2.53. The Labute approximate surface area is 101 Å². The Hall–Kier alpha value is -1.11. The van der Waals surface area contributed by atoms with E-state index in [0.717, 1.165) is 6.42 Å². The van der Waals surface area contributed by atoms with Gasteiger partial charge in [0.2, 0.25) is 0 Å². The summed E-state index contributed by atoms with van der Waals surface area (Å²) in [4.78, 5) is -0.149. The van der Waals surface area contributed by atoms with Crippen molar-refractivity contribution in [1.82, 2.24) is 0 Å². The molecule has 0 heterocycles. The molecule has 1 atom stereocenters. The number of methoxy groups -OCH3 is 1. The molecular weight excluding hydrogens is 244 g/mol. The van der Waals surface area contributed by atoms with Crippen molar-refractivity contribution in [1.29, 1.82) is 0 Å². The molecule has 6 heteroatoms. The van der Waals surface area contributed by atoms with Gasteiger partial charge in [0.25, 0.3) is 10.1 Å². The highest BCUT2D eigenvalue weighted by Gasteiger charge is 2.09. The Balaban J connectivity index is 2.63. The van der Waals surface area contributed by atoms with Crippen LogP contribution in [0.1, 0.15) is 13.3 Å². The van der Waals surface area contributed by atoms with Gasteiger partial charge >= 0.3 is 0 Å². The van der Waals surface area contributed by atoms with Crippen LogP contribution in [-0.2, 0) is 14.9 Å². The topological polar surface area (TPSA) is 72.8 Å². The van der Waals surface area contributed by atoms with Gasteiger partial charge < -0.3 is 9.47 Å². The van der Waals surface area contributed by atoms with Gasteiger partial charge in [-0.3, -0.25) is 4.55 Å². The molecule has 0 saturated carbocycles. The average Bonchev–Trinajstić information content (AvgIpc) is 2.30. The zero-order valence-corrected chi connectivity index (χ0v) is 10.6. The molecule has 17 heavy (non-hydrogen) atoms. The summed E-state index contributed by atoms with van der Waals surface area (Å²) in [6, 6.07) is 5.56. The van der Waals surface area contributed by atoms with Crippen LogP contribution in [0.4, 0.5) is 0 Å². The van der Waals surface area contributed by atoms with Crippen molar-refractivity contribution in [2.45, 2.75) is 24.3 Å². The lowest BCUT2D eigenvalue weighted by Crippen LogP contribution is -2.19. The molecule has 0 aliphatic carbocycles. The smallest absolute Gasteiger partial charge is 0.294 e. The molecule has 0 fully saturated rings. The second-order valence-corrected chi connectivity index (χ2v) is 4.94. The van der Waals surface area contributed by atoms with E-state index in [9.17, 15) is 8.42 Å². The normalized spacial score (nSPS) is 13.4. The summed E-state index contributed by atoms with van der Waals surface area (Å²) in [5.41, 5.74) is 0. The lowest BCUT2D eigenvalue weighted by Gasteiger charge is -2.14. The molecule has 1 aromatic carbocycles. The first-order valence-electron chi connectivity index (χ1n) is 5.20. The maximum Gasteiger partial charge on any atom is 0.294 e. The molecule has 1 unspecified atom stereocenters. The van der Waals surface area contributed by atoms with Crippen molar-refractivity contribution in [2.24, 2.45) is 0 Å². The molecule has 0 amide bonds. The van der Waals surface area contributed by atoms with Crippen LogP contribution >= 0.6 is 0 Å². The largest absolute Gasteiger partial charge is 0.491 e. The van der Waals surface area contributed by atoms with Crippen LogP contribution in [0.2, 0.25) is 0 Å². The highest BCUT2D eigenvalue weighted by Crippen LogP contribution is 2.16. The SMILES string of the molecule is CCC(COc1ccc(S(=O)(=O)O)cc1)OC. The third-order valence-electron chi connectivity index (χ3n) is 2.35. The fraction of sp³-hybridized carbons (Fsp3) is 0.455. The predicted octanol–water partition coefficient (Wildman–Crippen LogP) is 1.74. The van der Waals surface area contributed by atoms with Crippen molar-refractivity contribution >= 4 is 10.1 Å². The van der Waals surface area contributed by atoms with Gasteiger partial charge in [-0.15, -0.1) is 0 Å². The van der Waals surface area contributed by atoms with Crippen LogP contribution in [0.25, 0.3) is 0 Å². The lowest BCUT2D eigenvalue weighted by atomic mass is 10.3. The van der Waals surface area contributed by atoms with Gasteiger partial charge in [-0.2, -0.15) is 8.42 Å². The third-order valence-corrected chi connectivity index (χ3v) is 3.21. The Bertz CT molecular complexity index is 433. The van der Waals surface area contributed by atoms with Crippen molar-refractivity contribution < 1.29 is 22.4 Å². The van der Waals surface area contributed by atoms with E-state index in [1.807, 2.05) is 6.92 Å². The lowest BCUT2D eigenvalue weighted by molar-refractivity contribution is 0.0555. The first kappa shape index (κ1) is 14.0. The number of rotatable bonds is 6. The molecule has 5 nitrogen and oxygen atoms in total. The summed E-state index contributed by atoms with van der Waals surface area (Å²) in [5.74, 6) is 0.535. The molecule has 1 aromatic rings. The average molecular weight is 260 g/mol. The van der Waals surface area contributed by atoms with Gasteiger partial charge in [0, 0.05) is 7.11 Å². The van der Waals surface area contributed by atoms with Gasteiger partial charge in [-0.25, -0.2) is 0 Å². The summed E-state index contributed by atoms with van der Waals surface area (Å²) < 4.78 is 40.9. The first-order valence-corrected chi connectivity index (χ1v) is 6.64. The molecule has 1 N–H and O–H groups in total. The molecule has 0 spiro atoms.